The second-order valence-electron chi connectivity index (χ2n) is 10.6. The second kappa shape index (κ2) is 12.6. The lowest BCUT2D eigenvalue weighted by Gasteiger charge is -2.40. The van der Waals surface area contributed by atoms with Crippen molar-refractivity contribution in [2.75, 3.05) is 32.6 Å². The van der Waals surface area contributed by atoms with Gasteiger partial charge in [-0.25, -0.2) is 4.79 Å². The molecule has 0 aliphatic carbocycles. The van der Waals surface area contributed by atoms with E-state index in [1.54, 1.807) is 31.3 Å². The van der Waals surface area contributed by atoms with Gasteiger partial charge >= 0.3 is 6.09 Å². The zero-order chi connectivity index (χ0) is 28.7. The number of methoxy groups -OCH3 is 2. The summed E-state index contributed by atoms with van der Waals surface area (Å²) >= 11 is 0. The highest BCUT2D eigenvalue weighted by atomic mass is 16.6. The Morgan fingerprint density at radius 1 is 0.900 bits per heavy atom. The molecule has 0 atom stereocenters. The maximum Gasteiger partial charge on any atom is 0.410 e. The van der Waals surface area contributed by atoms with E-state index < -0.39 is 5.60 Å². The van der Waals surface area contributed by atoms with Crippen molar-refractivity contribution in [1.82, 2.24) is 10.2 Å². The lowest BCUT2D eigenvalue weighted by atomic mass is 10.1. The van der Waals surface area contributed by atoms with E-state index in [9.17, 15) is 9.59 Å². The number of anilines is 1. The van der Waals surface area contributed by atoms with E-state index in [2.05, 4.69) is 10.6 Å². The molecule has 1 heterocycles. The minimum atomic E-state index is -0.551. The van der Waals surface area contributed by atoms with E-state index in [0.717, 1.165) is 11.1 Å². The third kappa shape index (κ3) is 7.59. The Kier molecular flexibility index (Phi) is 9.04. The summed E-state index contributed by atoms with van der Waals surface area (Å²) in [4.78, 5) is 27.4. The van der Waals surface area contributed by atoms with Gasteiger partial charge < -0.3 is 34.5 Å². The van der Waals surface area contributed by atoms with Crippen LogP contribution in [0.4, 0.5) is 10.5 Å². The molecule has 2 amide bonds. The molecule has 1 fully saturated rings. The fraction of sp³-hybridized carbons (Fsp3) is 0.355. The summed E-state index contributed by atoms with van der Waals surface area (Å²) in [5.74, 6) is 1.53. The molecule has 0 spiro atoms. The molecule has 9 nitrogen and oxygen atoms in total. The van der Waals surface area contributed by atoms with Gasteiger partial charge in [0.1, 0.15) is 18.0 Å². The molecule has 1 aliphatic heterocycles. The molecule has 0 bridgehead atoms. The normalized spacial score (nSPS) is 13.2. The van der Waals surface area contributed by atoms with Crippen molar-refractivity contribution < 1.29 is 28.5 Å². The minimum absolute atomic E-state index is 0.0130. The van der Waals surface area contributed by atoms with E-state index in [1.165, 1.54) is 0 Å². The number of carbonyl (C=O) groups is 2. The van der Waals surface area contributed by atoms with Gasteiger partial charge in [-0.2, -0.15) is 0 Å². The topological polar surface area (TPSA) is 98.4 Å². The van der Waals surface area contributed by atoms with E-state index in [4.69, 9.17) is 18.9 Å². The van der Waals surface area contributed by atoms with Crippen molar-refractivity contribution in [3.05, 3.63) is 83.4 Å². The predicted molar refractivity (Wildman–Crippen MR) is 153 cm³/mol. The summed E-state index contributed by atoms with van der Waals surface area (Å²) in [6.07, 6.45) is -0.344. The molecule has 1 saturated heterocycles. The summed E-state index contributed by atoms with van der Waals surface area (Å²) < 4.78 is 22.1. The van der Waals surface area contributed by atoms with Crippen LogP contribution in [0.25, 0.3) is 0 Å². The number of hydrogen-bond donors (Lipinski definition) is 2. The largest absolute Gasteiger partial charge is 0.493 e. The number of nitrogens with one attached hydrogen (secondary N) is 2. The molecule has 2 N–H and O–H groups in total. The summed E-state index contributed by atoms with van der Waals surface area (Å²) in [6.45, 7) is 7.16. The molecule has 1 aliphatic rings. The van der Waals surface area contributed by atoms with Gasteiger partial charge in [0, 0.05) is 25.3 Å². The number of amides is 2. The Balaban J connectivity index is 1.46. The molecule has 212 valence electrons. The third-order valence-electron chi connectivity index (χ3n) is 6.28. The average molecular weight is 548 g/mol. The predicted octanol–water partition coefficient (Wildman–Crippen LogP) is 5.24. The standard InChI is InChI=1S/C31H37N3O6/c1-31(2,3)40-30(36)34-18-23(19-34)33-26-13-12-24(39-20-21-9-7-6-8-10-21)16-25(26)29(35)32-17-22-11-14-27(37-4)28(15-22)38-5/h6-16,23,33H,17-20H2,1-5H3,(H,32,35). The number of rotatable bonds is 10. The van der Waals surface area contributed by atoms with Crippen LogP contribution in [-0.2, 0) is 17.9 Å². The van der Waals surface area contributed by atoms with E-state index in [-0.39, 0.29) is 18.0 Å². The first-order valence-electron chi connectivity index (χ1n) is 13.2. The summed E-state index contributed by atoms with van der Waals surface area (Å²) in [5.41, 5.74) is 2.45. The third-order valence-corrected chi connectivity index (χ3v) is 6.28. The molecule has 4 rings (SSSR count). The van der Waals surface area contributed by atoms with Gasteiger partial charge in [0.2, 0.25) is 0 Å². The van der Waals surface area contributed by atoms with Crippen molar-refractivity contribution in [2.45, 2.75) is 45.6 Å². The first-order valence-corrected chi connectivity index (χ1v) is 13.2. The smallest absolute Gasteiger partial charge is 0.410 e. The molecule has 0 aromatic heterocycles. The molecule has 3 aromatic carbocycles. The van der Waals surface area contributed by atoms with Gasteiger partial charge in [0.25, 0.3) is 5.91 Å². The maximum atomic E-state index is 13.4. The van der Waals surface area contributed by atoms with Crippen molar-refractivity contribution in [3.63, 3.8) is 0 Å². The maximum absolute atomic E-state index is 13.4. The summed E-state index contributed by atoms with van der Waals surface area (Å²) in [5, 5.41) is 6.40. The van der Waals surface area contributed by atoms with Gasteiger partial charge in [-0.15, -0.1) is 0 Å². The van der Waals surface area contributed by atoms with Gasteiger partial charge in [0.15, 0.2) is 11.5 Å². The van der Waals surface area contributed by atoms with Crippen LogP contribution in [0.3, 0.4) is 0 Å². The molecular weight excluding hydrogens is 510 g/mol. The Labute approximate surface area is 235 Å². The first-order chi connectivity index (χ1) is 19.1. The SMILES string of the molecule is COc1ccc(CNC(=O)c2cc(OCc3ccccc3)ccc2NC2CN(C(=O)OC(C)(C)C)C2)cc1OC. The molecule has 40 heavy (non-hydrogen) atoms. The van der Waals surface area contributed by atoms with Crippen LogP contribution >= 0.6 is 0 Å². The monoisotopic (exact) mass is 547 g/mol. The number of hydrogen-bond acceptors (Lipinski definition) is 7. The Hall–Kier alpha value is -4.40. The zero-order valence-corrected chi connectivity index (χ0v) is 23.7. The van der Waals surface area contributed by atoms with Crippen LogP contribution in [-0.4, -0.2) is 55.9 Å². The fourth-order valence-electron chi connectivity index (χ4n) is 4.20. The molecule has 9 heteroatoms. The zero-order valence-electron chi connectivity index (χ0n) is 23.7. The van der Waals surface area contributed by atoms with Crippen LogP contribution < -0.4 is 24.8 Å². The van der Waals surface area contributed by atoms with Gasteiger partial charge in [-0.3, -0.25) is 4.79 Å². The van der Waals surface area contributed by atoms with Gasteiger partial charge in [0.05, 0.1) is 25.8 Å². The van der Waals surface area contributed by atoms with E-state index >= 15 is 0 Å². The lowest BCUT2D eigenvalue weighted by molar-refractivity contribution is 0.0104. The second-order valence-corrected chi connectivity index (χ2v) is 10.6. The van der Waals surface area contributed by atoms with Crippen molar-refractivity contribution in [3.8, 4) is 17.2 Å². The number of nitrogens with zero attached hydrogens (tertiary/aromatic N) is 1. The van der Waals surface area contributed by atoms with Crippen LogP contribution in [0.1, 0.15) is 42.3 Å². The molecule has 0 radical (unpaired) electrons. The molecular formula is C31H37N3O6. The van der Waals surface area contributed by atoms with Crippen LogP contribution in [0.2, 0.25) is 0 Å². The van der Waals surface area contributed by atoms with Crippen LogP contribution in [0, 0.1) is 0 Å². The number of benzene rings is 3. The fourth-order valence-corrected chi connectivity index (χ4v) is 4.20. The molecule has 3 aromatic rings. The molecule has 0 unspecified atom stereocenters. The lowest BCUT2D eigenvalue weighted by Crippen LogP contribution is -2.58. The Morgan fingerprint density at radius 3 is 2.30 bits per heavy atom. The summed E-state index contributed by atoms with van der Waals surface area (Å²) in [7, 11) is 3.15. The highest BCUT2D eigenvalue weighted by Gasteiger charge is 2.34. The van der Waals surface area contributed by atoms with Gasteiger partial charge in [-0.05, 0) is 62.2 Å². The van der Waals surface area contributed by atoms with Crippen molar-refractivity contribution >= 4 is 17.7 Å². The Bertz CT molecular complexity index is 1320. The highest BCUT2D eigenvalue weighted by molar-refractivity contribution is 6.00. The van der Waals surface area contributed by atoms with Gasteiger partial charge in [-0.1, -0.05) is 36.4 Å². The van der Waals surface area contributed by atoms with Crippen LogP contribution in [0.5, 0.6) is 17.2 Å². The number of ether oxygens (including phenoxy) is 4. The number of carbonyl (C=O) groups excluding carboxylic acids is 2. The quantitative estimate of drug-likeness (QED) is 0.358. The van der Waals surface area contributed by atoms with Crippen molar-refractivity contribution in [2.24, 2.45) is 0 Å². The number of likely N-dealkylation sites (tertiary alicyclic amines) is 1. The Morgan fingerprint density at radius 2 is 1.62 bits per heavy atom. The average Bonchev–Trinajstić information content (AvgIpc) is 2.91. The first kappa shape index (κ1) is 28.6. The summed E-state index contributed by atoms with van der Waals surface area (Å²) in [6, 6.07) is 20.7. The van der Waals surface area contributed by atoms with Crippen LogP contribution in [0.15, 0.2) is 66.7 Å². The van der Waals surface area contributed by atoms with E-state index in [0.29, 0.717) is 54.7 Å². The van der Waals surface area contributed by atoms with E-state index in [1.807, 2.05) is 75.4 Å². The minimum Gasteiger partial charge on any atom is -0.493 e. The molecule has 0 saturated carbocycles. The highest BCUT2D eigenvalue weighted by Crippen LogP contribution is 2.29. The van der Waals surface area contributed by atoms with Crippen molar-refractivity contribution in [1.29, 1.82) is 0 Å².